The number of carbonyl (C=O) groups excluding carboxylic acids is 2. The Morgan fingerprint density at radius 1 is 0.544 bits per heavy atom. The Hall–Kier alpha value is -3.60. The van der Waals surface area contributed by atoms with Crippen LogP contribution in [-0.2, 0) is 29.7 Å². The first-order chi connectivity index (χ1) is 27.7. The minimum Gasteiger partial charge on any atom is -0.691 e. The number of esters is 2. The molecule has 0 amide bonds. The maximum Gasteiger partial charge on any atom is 0.338 e. The molecule has 8 fully saturated rings. The standard InChI is InChI=1S/C30H38O7S.C18H15S/c1-29(22-5-16-3-17(7-22)8-23(29)6-16)34-27(31)20-13-21(15-26(14-20)38-37-36-33)28(32)35-30(2)24-9-18-4-19(11-24)12-25(30)10-18;1-4-10-16(11-5-1)19(17-12-6-2-7-13-17)18-14-8-3-9-15-18/h13-19,22-25,33H,3-12H2,1-2H3;1-15H/q;+1/p-1. The van der Waals surface area contributed by atoms with Gasteiger partial charge >= 0.3 is 11.9 Å². The van der Waals surface area contributed by atoms with Crippen LogP contribution in [0.5, 0.6) is 0 Å². The number of carbonyl (C=O) groups is 2. The van der Waals surface area contributed by atoms with Gasteiger partial charge in [-0.2, -0.15) is 4.33 Å². The molecule has 12 rings (SSSR count). The number of rotatable bonds is 10. The van der Waals surface area contributed by atoms with Crippen molar-refractivity contribution < 1.29 is 33.7 Å². The molecule has 0 saturated heterocycles. The first-order valence-corrected chi connectivity index (χ1v) is 22.8. The zero-order chi connectivity index (χ0) is 39.1. The lowest BCUT2D eigenvalue weighted by Crippen LogP contribution is -2.58. The summed E-state index contributed by atoms with van der Waals surface area (Å²) in [6.07, 6.45) is 11.7. The Kier molecular flexibility index (Phi) is 11.1. The third-order valence-corrected chi connectivity index (χ3v) is 17.4. The van der Waals surface area contributed by atoms with E-state index in [1.807, 2.05) is 0 Å². The van der Waals surface area contributed by atoms with Gasteiger partial charge in [-0.3, -0.25) is 5.04 Å². The van der Waals surface area contributed by atoms with Crippen molar-refractivity contribution in [3.05, 3.63) is 120 Å². The van der Waals surface area contributed by atoms with Crippen LogP contribution in [0.4, 0.5) is 0 Å². The van der Waals surface area contributed by atoms with E-state index in [1.54, 1.807) is 18.2 Å². The summed E-state index contributed by atoms with van der Waals surface area (Å²) in [6, 6.07) is 36.9. The highest BCUT2D eigenvalue weighted by Gasteiger charge is 2.58. The molecule has 9 heteroatoms. The summed E-state index contributed by atoms with van der Waals surface area (Å²) in [5, 5.41) is 14.0. The fourth-order valence-electron chi connectivity index (χ4n) is 12.1. The van der Waals surface area contributed by atoms with Gasteiger partial charge in [-0.25, -0.2) is 9.59 Å². The van der Waals surface area contributed by atoms with Gasteiger partial charge in [-0.05, 0) is 180 Å². The van der Waals surface area contributed by atoms with Crippen molar-refractivity contribution in [2.24, 2.45) is 47.3 Å². The largest absolute Gasteiger partial charge is 0.691 e. The Morgan fingerprint density at radius 3 is 1.19 bits per heavy atom. The maximum absolute atomic E-state index is 13.6. The topological polar surface area (TPSA) is 94.1 Å². The summed E-state index contributed by atoms with van der Waals surface area (Å²) in [6.45, 7) is 4.21. The molecule has 8 aliphatic rings. The molecule has 57 heavy (non-hydrogen) atoms. The molecule has 7 nitrogen and oxygen atoms in total. The minimum absolute atomic E-state index is 0.0146. The smallest absolute Gasteiger partial charge is 0.338 e. The van der Waals surface area contributed by atoms with Crippen LogP contribution in [0.25, 0.3) is 0 Å². The molecule has 0 spiro atoms. The highest BCUT2D eigenvalue weighted by molar-refractivity contribution is 7.97. The zero-order valence-corrected chi connectivity index (χ0v) is 34.4. The normalized spacial score (nSPS) is 32.8. The van der Waals surface area contributed by atoms with E-state index in [4.69, 9.17) is 9.47 Å². The molecule has 298 valence electrons. The van der Waals surface area contributed by atoms with Gasteiger partial charge < -0.3 is 14.7 Å². The Morgan fingerprint density at radius 2 is 0.877 bits per heavy atom. The van der Waals surface area contributed by atoms with Crippen molar-refractivity contribution in [1.29, 1.82) is 0 Å². The van der Waals surface area contributed by atoms with Crippen molar-refractivity contribution in [2.45, 2.75) is 109 Å². The molecule has 4 aromatic rings. The Balaban J connectivity index is 0.000000186. The summed E-state index contributed by atoms with van der Waals surface area (Å²) in [5.41, 5.74) is -0.448. The lowest BCUT2D eigenvalue weighted by Gasteiger charge is -2.59. The van der Waals surface area contributed by atoms with Gasteiger partial charge in [0.2, 0.25) is 0 Å². The minimum atomic E-state index is -0.489. The molecule has 0 unspecified atom stereocenters. The molecule has 0 radical (unpaired) electrons. The molecular weight excluding hydrogens is 753 g/mol. The highest BCUT2D eigenvalue weighted by atomic mass is 32.2. The molecule has 0 heterocycles. The van der Waals surface area contributed by atoms with E-state index in [0.29, 0.717) is 40.6 Å². The lowest BCUT2D eigenvalue weighted by molar-refractivity contribution is -0.777. The van der Waals surface area contributed by atoms with Gasteiger partial charge in [-0.15, -0.1) is 0 Å². The van der Waals surface area contributed by atoms with E-state index < -0.39 is 23.1 Å². The summed E-state index contributed by atoms with van der Waals surface area (Å²) in [5.74, 6) is 3.72. The first-order valence-electron chi connectivity index (χ1n) is 20.8. The SMILES string of the molecule is CC1(OC(=O)c2cc(SOO[O-])cc(C(=O)OC3(C)C4CC5CC(C4)CC3C5)c2)C2CC3CC(C2)CC1C3.c1ccc([S+](c2ccccc2)c2ccccc2)cc1. The zero-order valence-electron chi connectivity index (χ0n) is 32.8. The van der Waals surface area contributed by atoms with Gasteiger partial charge in [0.1, 0.15) is 11.2 Å². The third-order valence-electron chi connectivity index (χ3n) is 14.6. The third kappa shape index (κ3) is 7.83. The van der Waals surface area contributed by atoms with Crippen molar-refractivity contribution in [3.63, 3.8) is 0 Å². The lowest BCUT2D eigenvalue weighted by atomic mass is 9.50. The van der Waals surface area contributed by atoms with Gasteiger partial charge in [0.15, 0.2) is 14.7 Å². The second kappa shape index (κ2) is 16.2. The number of ether oxygens (including phenoxy) is 2. The van der Waals surface area contributed by atoms with Gasteiger partial charge in [0.25, 0.3) is 0 Å². The van der Waals surface area contributed by atoms with Crippen LogP contribution in [0.1, 0.15) is 98.8 Å². The maximum atomic E-state index is 13.6. The molecular formula is C48H52O7S2. The van der Waals surface area contributed by atoms with Crippen LogP contribution in [-0.4, -0.2) is 23.1 Å². The van der Waals surface area contributed by atoms with E-state index in [9.17, 15) is 14.8 Å². The van der Waals surface area contributed by atoms with Crippen molar-refractivity contribution in [1.82, 2.24) is 0 Å². The van der Waals surface area contributed by atoms with Crippen molar-refractivity contribution >= 4 is 34.9 Å². The Bertz CT molecular complexity index is 1810. The fraction of sp³-hybridized carbons (Fsp3) is 0.458. The Labute approximate surface area is 343 Å². The molecule has 8 saturated carbocycles. The van der Waals surface area contributed by atoms with E-state index in [-0.39, 0.29) is 22.0 Å². The van der Waals surface area contributed by atoms with Gasteiger partial charge in [0, 0.05) is 4.90 Å². The quantitative estimate of drug-likeness (QED) is 0.0514. The molecule has 0 aromatic heterocycles. The highest BCUT2D eigenvalue weighted by Crippen LogP contribution is 2.61. The van der Waals surface area contributed by atoms with Crippen LogP contribution in [0.3, 0.4) is 0 Å². The van der Waals surface area contributed by atoms with Crippen LogP contribution >= 0.6 is 12.0 Å². The van der Waals surface area contributed by atoms with Gasteiger partial charge in [0.05, 0.1) is 34.1 Å². The van der Waals surface area contributed by atoms with Crippen molar-refractivity contribution in [3.8, 4) is 0 Å². The molecule has 8 bridgehead atoms. The second-order valence-corrected chi connectivity index (χ2v) is 20.8. The van der Waals surface area contributed by atoms with Gasteiger partial charge in [-0.1, -0.05) is 54.6 Å². The van der Waals surface area contributed by atoms with E-state index >= 15 is 0 Å². The molecule has 0 atom stereocenters. The molecule has 4 aromatic carbocycles. The van der Waals surface area contributed by atoms with Crippen LogP contribution in [0.15, 0.2) is 129 Å². The predicted molar refractivity (Wildman–Crippen MR) is 218 cm³/mol. The average Bonchev–Trinajstić information content (AvgIpc) is 3.22. The van der Waals surface area contributed by atoms with Crippen LogP contribution < -0.4 is 5.26 Å². The monoisotopic (exact) mass is 804 g/mol. The van der Waals surface area contributed by atoms with Crippen LogP contribution in [0.2, 0.25) is 0 Å². The summed E-state index contributed by atoms with van der Waals surface area (Å²) < 4.78 is 17.2. The number of hydrogen-bond donors (Lipinski definition) is 0. The van der Waals surface area contributed by atoms with Crippen LogP contribution in [0, 0.1) is 47.3 Å². The van der Waals surface area contributed by atoms with E-state index in [2.05, 4.69) is 114 Å². The summed E-state index contributed by atoms with van der Waals surface area (Å²) in [4.78, 5) is 31.7. The molecule has 8 aliphatic carbocycles. The summed E-state index contributed by atoms with van der Waals surface area (Å²) in [7, 11) is -0.0146. The fourth-order valence-corrected chi connectivity index (χ4v) is 14.7. The molecule has 0 aliphatic heterocycles. The first kappa shape index (κ1) is 38.9. The summed E-state index contributed by atoms with van der Waals surface area (Å²) >= 11 is 0.669. The molecule has 0 N–H and O–H groups in total. The average molecular weight is 805 g/mol. The second-order valence-electron chi connectivity index (χ2n) is 18.0. The predicted octanol–water partition coefficient (Wildman–Crippen LogP) is 10.4. The van der Waals surface area contributed by atoms with Crippen molar-refractivity contribution in [2.75, 3.05) is 0 Å². The number of benzene rings is 4. The van der Waals surface area contributed by atoms with E-state index in [0.717, 1.165) is 75.0 Å². The number of hydrogen-bond acceptors (Lipinski definition) is 8. The van der Waals surface area contributed by atoms with E-state index in [1.165, 1.54) is 27.5 Å².